The van der Waals surface area contributed by atoms with Gasteiger partial charge in [0.15, 0.2) is 5.90 Å². The largest absolute Gasteiger partial charge is 0.434 e. The molecule has 9 nitrogen and oxygen atoms in total. The molecule has 2 aliphatic rings. The average Bonchev–Trinajstić information content (AvgIpc) is 2.63. The summed E-state index contributed by atoms with van der Waals surface area (Å²) in [4.78, 5) is 13.7. The first-order chi connectivity index (χ1) is 8.40. The van der Waals surface area contributed by atoms with Gasteiger partial charge in [-0.05, 0) is 0 Å². The smallest absolute Gasteiger partial charge is 0.349 e. The van der Waals surface area contributed by atoms with Crippen molar-refractivity contribution in [3.05, 3.63) is 38.9 Å². The minimum atomic E-state index is -1.77. The number of methoxy groups -OCH3 is 1. The van der Waals surface area contributed by atoms with E-state index in [4.69, 9.17) is 14.7 Å². The van der Waals surface area contributed by atoms with Crippen LogP contribution in [0.3, 0.4) is 0 Å². The Morgan fingerprint density at radius 2 is 2.17 bits per heavy atom. The summed E-state index contributed by atoms with van der Waals surface area (Å²) >= 11 is 0. The number of rotatable bonds is 2. The lowest BCUT2D eigenvalue weighted by molar-refractivity contribution is -0.725. The van der Waals surface area contributed by atoms with E-state index in [0.717, 1.165) is 12.2 Å². The van der Waals surface area contributed by atoms with Crippen LogP contribution in [0.5, 0.6) is 0 Å². The van der Waals surface area contributed by atoms with Crippen molar-refractivity contribution >= 4 is 11.6 Å². The van der Waals surface area contributed by atoms with Gasteiger partial charge in [-0.1, -0.05) is 0 Å². The van der Waals surface area contributed by atoms with Crippen molar-refractivity contribution in [1.82, 2.24) is 0 Å². The zero-order valence-corrected chi connectivity index (χ0v) is 9.48. The molecule has 1 aliphatic heterocycles. The Labute approximate surface area is 101 Å². The Hall–Kier alpha value is -2.42. The van der Waals surface area contributed by atoms with Crippen LogP contribution in [-0.2, 0) is 9.47 Å². The van der Waals surface area contributed by atoms with Crippen LogP contribution in [0.1, 0.15) is 6.92 Å². The predicted octanol–water partition coefficient (Wildman–Crippen LogP) is 0.176. The number of hydrogen-bond donors (Lipinski definition) is 1. The Morgan fingerprint density at radius 1 is 1.50 bits per heavy atom. The average molecular weight is 255 g/mol. The van der Waals surface area contributed by atoms with Crippen molar-refractivity contribution in [2.75, 3.05) is 7.11 Å². The molecule has 2 rings (SSSR count). The van der Waals surface area contributed by atoms with Crippen LogP contribution >= 0.6 is 0 Å². The van der Waals surface area contributed by atoms with Gasteiger partial charge in [0, 0.05) is 25.0 Å². The molecular weight excluding hydrogens is 246 g/mol. The Kier molecular flexibility index (Phi) is 2.55. The molecule has 0 amide bonds. The van der Waals surface area contributed by atoms with Gasteiger partial charge in [0.05, 0.1) is 11.0 Å². The summed E-state index contributed by atoms with van der Waals surface area (Å²) < 4.78 is 10.3. The molecule has 1 heterocycles. The second kappa shape index (κ2) is 3.81. The zero-order valence-electron chi connectivity index (χ0n) is 9.48. The third-order valence-corrected chi connectivity index (χ3v) is 2.52. The maximum absolute atomic E-state index is 11.0. The van der Waals surface area contributed by atoms with Crippen LogP contribution in [0.25, 0.3) is 0 Å². The van der Waals surface area contributed by atoms with Gasteiger partial charge in [0.25, 0.3) is 5.71 Å². The Balaban J connectivity index is 2.65. The van der Waals surface area contributed by atoms with Crippen molar-refractivity contribution in [2.45, 2.75) is 12.7 Å². The lowest BCUT2D eigenvalue weighted by atomic mass is 10.0. The SMILES string of the molecule is COC12OC(C)=NC1=CC(=[N+]([O-])O)C=C2[N+](=O)[O-]. The molecular formula is C9H9N3O6. The van der Waals surface area contributed by atoms with Gasteiger partial charge in [-0.25, -0.2) is 4.99 Å². The molecule has 18 heavy (non-hydrogen) atoms. The van der Waals surface area contributed by atoms with Crippen LogP contribution in [0.15, 0.2) is 28.5 Å². The van der Waals surface area contributed by atoms with Crippen LogP contribution in [0.4, 0.5) is 0 Å². The number of allylic oxidation sites excluding steroid dienone is 2. The minimum absolute atomic E-state index is 0.0293. The first-order valence-corrected chi connectivity index (χ1v) is 4.82. The molecule has 1 aliphatic carbocycles. The standard InChI is InChI=1S/C9H9N3O6/c1-5-10-7-3-6(11(13)14)4-8(12(15)16)9(7,17-2)18-5/h3-4H,1-2H3,(H,13,14). The zero-order chi connectivity index (χ0) is 13.5. The van der Waals surface area contributed by atoms with E-state index in [1.165, 1.54) is 14.0 Å². The van der Waals surface area contributed by atoms with E-state index in [0.29, 0.717) is 0 Å². The van der Waals surface area contributed by atoms with Gasteiger partial charge in [-0.15, -0.1) is 0 Å². The molecule has 0 radical (unpaired) electrons. The second-order valence-electron chi connectivity index (χ2n) is 3.57. The van der Waals surface area contributed by atoms with Crippen molar-refractivity contribution in [3.8, 4) is 0 Å². The predicted molar refractivity (Wildman–Crippen MR) is 57.5 cm³/mol. The van der Waals surface area contributed by atoms with Gasteiger partial charge >= 0.3 is 11.5 Å². The maximum Gasteiger partial charge on any atom is 0.349 e. The molecule has 0 fully saturated rings. The van der Waals surface area contributed by atoms with E-state index in [9.17, 15) is 15.3 Å². The number of hydrogen-bond acceptors (Lipinski definition) is 7. The van der Waals surface area contributed by atoms with E-state index < -0.39 is 21.3 Å². The summed E-state index contributed by atoms with van der Waals surface area (Å²) in [5.74, 6) is -1.61. The molecule has 96 valence electrons. The Morgan fingerprint density at radius 3 is 2.67 bits per heavy atom. The van der Waals surface area contributed by atoms with E-state index in [-0.39, 0.29) is 17.3 Å². The van der Waals surface area contributed by atoms with Crippen LogP contribution in [-0.4, -0.2) is 39.5 Å². The van der Waals surface area contributed by atoms with Crippen molar-refractivity contribution in [2.24, 2.45) is 4.99 Å². The van der Waals surface area contributed by atoms with Crippen LogP contribution in [0.2, 0.25) is 0 Å². The molecule has 0 saturated carbocycles. The summed E-state index contributed by atoms with van der Waals surface area (Å²) in [5.41, 5.74) is -0.832. The molecule has 0 aromatic heterocycles. The van der Waals surface area contributed by atoms with Gasteiger partial charge in [-0.2, -0.15) is 0 Å². The fraction of sp³-hybridized carbons (Fsp3) is 0.333. The fourth-order valence-electron chi connectivity index (χ4n) is 1.79. The van der Waals surface area contributed by atoms with Gasteiger partial charge in [0.1, 0.15) is 5.70 Å². The molecule has 9 heteroatoms. The molecule has 0 spiro atoms. The van der Waals surface area contributed by atoms with Crippen molar-refractivity contribution in [3.63, 3.8) is 0 Å². The summed E-state index contributed by atoms with van der Waals surface area (Å²) in [6.45, 7) is 1.49. The normalized spacial score (nSPS) is 28.7. The summed E-state index contributed by atoms with van der Waals surface area (Å²) in [6, 6.07) is 0. The lowest BCUT2D eigenvalue weighted by Gasteiger charge is -2.25. The molecule has 0 aromatic rings. The first-order valence-electron chi connectivity index (χ1n) is 4.82. The van der Waals surface area contributed by atoms with E-state index in [1.54, 1.807) is 0 Å². The summed E-state index contributed by atoms with van der Waals surface area (Å²) in [6.07, 6.45) is 2.02. The number of aliphatic imine (C=N–C) groups is 1. The molecule has 1 atom stereocenters. The number of ether oxygens (including phenoxy) is 2. The summed E-state index contributed by atoms with van der Waals surface area (Å²) in [5, 5.41) is 30.7. The molecule has 0 bridgehead atoms. The molecule has 1 unspecified atom stereocenters. The topological polar surface area (TPSA) is 120 Å². The van der Waals surface area contributed by atoms with Crippen LogP contribution < -0.4 is 0 Å². The highest BCUT2D eigenvalue weighted by Crippen LogP contribution is 2.39. The van der Waals surface area contributed by atoms with Gasteiger partial charge < -0.3 is 14.7 Å². The van der Waals surface area contributed by atoms with E-state index >= 15 is 0 Å². The molecule has 1 N–H and O–H groups in total. The highest BCUT2D eigenvalue weighted by Gasteiger charge is 2.56. The highest BCUT2D eigenvalue weighted by molar-refractivity contribution is 6.03. The maximum atomic E-state index is 11.0. The molecule has 0 aromatic carbocycles. The number of nitrogens with zero attached hydrogens (tertiary/aromatic N) is 3. The quantitative estimate of drug-likeness (QED) is 0.325. The van der Waals surface area contributed by atoms with Crippen molar-refractivity contribution in [1.29, 1.82) is 0 Å². The minimum Gasteiger partial charge on any atom is -0.434 e. The first kappa shape index (κ1) is 12.0. The van der Waals surface area contributed by atoms with Gasteiger partial charge in [0.2, 0.25) is 0 Å². The Bertz CT molecular complexity index is 543. The molecule has 0 saturated heterocycles. The number of fused-ring (bicyclic) bond motifs is 1. The van der Waals surface area contributed by atoms with E-state index in [2.05, 4.69) is 4.99 Å². The third-order valence-electron chi connectivity index (χ3n) is 2.52. The van der Waals surface area contributed by atoms with Crippen molar-refractivity contribution < 1.29 is 24.5 Å². The number of nitro groups is 1. The second-order valence-corrected chi connectivity index (χ2v) is 3.57. The van der Waals surface area contributed by atoms with E-state index in [1.807, 2.05) is 0 Å². The summed E-state index contributed by atoms with van der Waals surface area (Å²) in [7, 11) is 1.22. The van der Waals surface area contributed by atoms with Gasteiger partial charge in [-0.3, -0.25) is 15.3 Å². The monoisotopic (exact) mass is 255 g/mol. The fourth-order valence-corrected chi connectivity index (χ4v) is 1.79. The highest BCUT2D eigenvalue weighted by atomic mass is 16.8. The lowest BCUT2D eigenvalue weighted by Crippen LogP contribution is -2.42. The third kappa shape index (κ3) is 1.52. The van der Waals surface area contributed by atoms with Crippen LogP contribution in [0, 0.1) is 15.3 Å².